The summed E-state index contributed by atoms with van der Waals surface area (Å²) in [6, 6.07) is -0.840. The maximum absolute atomic E-state index is 12.9. The number of amides is 1. The minimum Gasteiger partial charge on any atom is -0.387 e. The Kier molecular flexibility index (Phi) is 44.8. The highest BCUT2D eigenvalue weighted by Crippen LogP contribution is 2.43. The molecule has 1 amide bonds. The van der Waals surface area contributed by atoms with E-state index in [-0.39, 0.29) is 19.1 Å². The Balaban J connectivity index is 4.00. The van der Waals surface area contributed by atoms with E-state index in [1.165, 1.54) is 212 Å². The molecule has 0 aromatic rings. The predicted octanol–water partition coefficient (Wildman–Crippen LogP) is 15.9. The van der Waals surface area contributed by atoms with Crippen LogP contribution in [0.2, 0.25) is 0 Å². The third-order valence-electron chi connectivity index (χ3n) is 12.5. The largest absolute Gasteiger partial charge is 0.472 e. The van der Waals surface area contributed by atoms with Gasteiger partial charge in [0.25, 0.3) is 0 Å². The summed E-state index contributed by atoms with van der Waals surface area (Å²) in [5, 5.41) is 13.8. The summed E-state index contributed by atoms with van der Waals surface area (Å²) in [6.45, 7) is 4.83. The van der Waals surface area contributed by atoms with Crippen molar-refractivity contribution >= 4 is 13.7 Å². The molecule has 370 valence electrons. The molecule has 0 rings (SSSR count). The first-order chi connectivity index (χ1) is 30.0. The van der Waals surface area contributed by atoms with Gasteiger partial charge in [-0.15, -0.1) is 0 Å². The van der Waals surface area contributed by atoms with E-state index in [1.54, 1.807) is 6.08 Å². The minimum absolute atomic E-state index is 0.0647. The fourth-order valence-electron chi connectivity index (χ4n) is 8.22. The lowest BCUT2D eigenvalue weighted by molar-refractivity contribution is -0.870. The van der Waals surface area contributed by atoms with Crippen LogP contribution in [0.5, 0.6) is 0 Å². The molecular weight excluding hydrogens is 792 g/mol. The van der Waals surface area contributed by atoms with Crippen molar-refractivity contribution in [2.24, 2.45) is 0 Å². The molecule has 3 unspecified atom stereocenters. The van der Waals surface area contributed by atoms with Crippen LogP contribution in [0.15, 0.2) is 12.2 Å². The molecule has 9 heteroatoms. The zero-order chi connectivity index (χ0) is 45.7. The molecule has 0 saturated heterocycles. The van der Waals surface area contributed by atoms with E-state index in [0.29, 0.717) is 17.4 Å². The maximum atomic E-state index is 12.9. The number of phosphoric acid groups is 1. The number of allylic oxidation sites excluding steroid dienone is 1. The van der Waals surface area contributed by atoms with Gasteiger partial charge < -0.3 is 19.8 Å². The fourth-order valence-corrected chi connectivity index (χ4v) is 8.96. The monoisotopic (exact) mass is 900 g/mol. The smallest absolute Gasteiger partial charge is 0.387 e. The highest BCUT2D eigenvalue weighted by molar-refractivity contribution is 7.47. The van der Waals surface area contributed by atoms with Crippen molar-refractivity contribution in [2.75, 3.05) is 40.9 Å². The van der Waals surface area contributed by atoms with Gasteiger partial charge in [-0.2, -0.15) is 0 Å². The number of hydrogen-bond donors (Lipinski definition) is 3. The van der Waals surface area contributed by atoms with Crippen LogP contribution >= 0.6 is 7.82 Å². The van der Waals surface area contributed by atoms with Crippen molar-refractivity contribution < 1.29 is 32.9 Å². The second kappa shape index (κ2) is 45.4. The summed E-state index contributed by atoms with van der Waals surface area (Å²) in [5.41, 5.74) is 0. The van der Waals surface area contributed by atoms with Crippen LogP contribution in [0.25, 0.3) is 0 Å². The Morgan fingerprint density at radius 1 is 0.532 bits per heavy atom. The fraction of sp³-hybridized carbons (Fsp3) is 0.943. The van der Waals surface area contributed by atoms with Crippen LogP contribution in [-0.4, -0.2) is 73.4 Å². The first kappa shape index (κ1) is 61.2. The van der Waals surface area contributed by atoms with E-state index in [2.05, 4.69) is 19.2 Å². The average molecular weight is 900 g/mol. The van der Waals surface area contributed by atoms with E-state index in [9.17, 15) is 19.4 Å². The summed E-state index contributed by atoms with van der Waals surface area (Å²) in [4.78, 5) is 23.2. The average Bonchev–Trinajstić information content (AvgIpc) is 3.23. The molecule has 0 radical (unpaired) electrons. The van der Waals surface area contributed by atoms with Gasteiger partial charge in [0, 0.05) is 6.42 Å². The van der Waals surface area contributed by atoms with Gasteiger partial charge in [-0.05, 0) is 19.3 Å². The number of aliphatic hydroxyl groups excluding tert-OH is 1. The van der Waals surface area contributed by atoms with Gasteiger partial charge in [0.2, 0.25) is 5.91 Å². The van der Waals surface area contributed by atoms with Crippen molar-refractivity contribution in [3.8, 4) is 0 Å². The second-order valence-electron chi connectivity index (χ2n) is 20.0. The van der Waals surface area contributed by atoms with Crippen molar-refractivity contribution in [2.45, 2.75) is 283 Å². The number of phosphoric ester groups is 1. The number of rotatable bonds is 50. The topological polar surface area (TPSA) is 105 Å². The first-order valence-electron chi connectivity index (χ1n) is 27.1. The standard InChI is InChI=1S/C53H107N2O6P/c1-6-8-10-12-14-16-18-19-20-21-22-23-24-25-26-27-28-29-30-31-32-33-34-35-37-39-41-43-45-47-53(57)54-51(50-61-62(58,59)60-49-48-55(3,4)5)52(56)46-44-42-40-38-36-17-15-13-11-9-7-2/h44,46,51-52,56H,6-43,45,47-50H2,1-5H3,(H-,54,57,58,59)/p+1/b46-44+. The second-order valence-corrected chi connectivity index (χ2v) is 21.4. The van der Waals surface area contributed by atoms with Gasteiger partial charge in [-0.3, -0.25) is 13.8 Å². The number of carbonyl (C=O) groups is 1. The minimum atomic E-state index is -4.33. The normalized spacial score (nSPS) is 14.1. The van der Waals surface area contributed by atoms with Crippen molar-refractivity contribution in [1.82, 2.24) is 5.32 Å². The lowest BCUT2D eigenvalue weighted by atomic mass is 10.0. The predicted molar refractivity (Wildman–Crippen MR) is 268 cm³/mol. The zero-order valence-corrected chi connectivity index (χ0v) is 43.0. The third-order valence-corrected chi connectivity index (χ3v) is 13.5. The number of nitrogens with zero attached hydrogens (tertiary/aromatic N) is 1. The van der Waals surface area contributed by atoms with Gasteiger partial charge in [0.15, 0.2) is 0 Å². The molecule has 0 aromatic carbocycles. The van der Waals surface area contributed by atoms with E-state index < -0.39 is 20.0 Å². The molecule has 0 spiro atoms. The van der Waals surface area contributed by atoms with Crippen molar-refractivity contribution in [3.63, 3.8) is 0 Å². The Labute approximate surface area is 386 Å². The molecule has 0 fully saturated rings. The van der Waals surface area contributed by atoms with E-state index in [0.717, 1.165) is 38.5 Å². The van der Waals surface area contributed by atoms with E-state index in [1.807, 2.05) is 27.2 Å². The molecule has 62 heavy (non-hydrogen) atoms. The van der Waals surface area contributed by atoms with Crippen LogP contribution in [0.4, 0.5) is 0 Å². The number of quaternary nitrogens is 1. The molecule has 0 aliphatic carbocycles. The quantitative estimate of drug-likeness (QED) is 0.0243. The van der Waals surface area contributed by atoms with E-state index >= 15 is 0 Å². The lowest BCUT2D eigenvalue weighted by Crippen LogP contribution is -2.45. The number of unbranched alkanes of at least 4 members (excludes halogenated alkanes) is 37. The van der Waals surface area contributed by atoms with E-state index in [4.69, 9.17) is 9.05 Å². The molecule has 3 atom stereocenters. The Morgan fingerprint density at radius 3 is 1.19 bits per heavy atom. The number of hydrogen-bond acceptors (Lipinski definition) is 5. The molecule has 3 N–H and O–H groups in total. The van der Waals surface area contributed by atoms with Crippen LogP contribution in [-0.2, 0) is 18.4 Å². The number of carbonyl (C=O) groups excluding carboxylic acids is 1. The SMILES string of the molecule is CCCCCCCCCCC/C=C/C(O)C(COP(=O)(O)OCC[N+](C)(C)C)NC(=O)CCCCCCCCCCCCCCCCCCCCCCCCCCCCCCC. The van der Waals surface area contributed by atoms with Gasteiger partial charge in [-0.25, -0.2) is 4.57 Å². The zero-order valence-electron chi connectivity index (χ0n) is 42.1. The van der Waals surface area contributed by atoms with Gasteiger partial charge in [0.1, 0.15) is 13.2 Å². The van der Waals surface area contributed by atoms with Gasteiger partial charge >= 0.3 is 7.82 Å². The van der Waals surface area contributed by atoms with Gasteiger partial charge in [-0.1, -0.05) is 257 Å². The number of likely N-dealkylation sites (N-methyl/N-ethyl adjacent to an activating group) is 1. The number of nitrogens with one attached hydrogen (secondary N) is 1. The highest BCUT2D eigenvalue weighted by Gasteiger charge is 2.27. The van der Waals surface area contributed by atoms with Crippen molar-refractivity contribution in [1.29, 1.82) is 0 Å². The molecule has 0 aliphatic heterocycles. The van der Waals surface area contributed by atoms with Crippen LogP contribution in [0.1, 0.15) is 271 Å². The summed E-state index contributed by atoms with van der Waals surface area (Å²) < 4.78 is 23.6. The molecule has 8 nitrogen and oxygen atoms in total. The highest BCUT2D eigenvalue weighted by atomic mass is 31.2. The summed E-state index contributed by atoms with van der Waals surface area (Å²) >= 11 is 0. The maximum Gasteiger partial charge on any atom is 0.472 e. The summed E-state index contributed by atoms with van der Waals surface area (Å²) in [6.07, 6.45) is 54.6. The molecular formula is C53H108N2O6P+. The Bertz CT molecular complexity index is 1020. The molecule has 0 aromatic heterocycles. The van der Waals surface area contributed by atoms with Crippen LogP contribution < -0.4 is 5.32 Å². The third kappa shape index (κ3) is 47.2. The molecule has 0 saturated carbocycles. The Morgan fingerprint density at radius 2 is 0.855 bits per heavy atom. The first-order valence-corrected chi connectivity index (χ1v) is 28.6. The van der Waals surface area contributed by atoms with Crippen LogP contribution in [0, 0.1) is 0 Å². The van der Waals surface area contributed by atoms with Crippen molar-refractivity contribution in [3.05, 3.63) is 12.2 Å². The molecule has 0 aliphatic rings. The molecule has 0 heterocycles. The summed E-state index contributed by atoms with van der Waals surface area (Å²) in [5.74, 6) is -0.172. The summed E-state index contributed by atoms with van der Waals surface area (Å²) in [7, 11) is 1.58. The van der Waals surface area contributed by atoms with Crippen LogP contribution in [0.3, 0.4) is 0 Å². The lowest BCUT2D eigenvalue weighted by Gasteiger charge is -2.25. The number of aliphatic hydroxyl groups is 1. The molecule has 0 bridgehead atoms. The Hall–Kier alpha value is -0.760. The van der Waals surface area contributed by atoms with Gasteiger partial charge in [0.05, 0.1) is 39.9 Å².